The summed E-state index contributed by atoms with van der Waals surface area (Å²) >= 11 is 0. The van der Waals surface area contributed by atoms with E-state index in [-0.39, 0.29) is 11.9 Å². The first-order valence-corrected chi connectivity index (χ1v) is 8.38. The van der Waals surface area contributed by atoms with Gasteiger partial charge in [-0.05, 0) is 26.1 Å². The number of carbonyl (C=O) groups is 1. The summed E-state index contributed by atoms with van der Waals surface area (Å²) in [6.45, 7) is 2.99. The number of hydrogen-bond acceptors (Lipinski definition) is 6. The van der Waals surface area contributed by atoms with Crippen molar-refractivity contribution in [1.82, 2.24) is 29.2 Å². The number of para-hydroxylation sites is 1. The topological polar surface area (TPSA) is 90.1 Å². The van der Waals surface area contributed by atoms with Gasteiger partial charge in [-0.2, -0.15) is 0 Å². The molecule has 0 bridgehead atoms. The Morgan fingerprint density at radius 2 is 2.12 bits per heavy atom. The molecule has 9 heteroatoms. The van der Waals surface area contributed by atoms with Crippen LogP contribution in [0.2, 0.25) is 0 Å². The third-order valence-electron chi connectivity index (χ3n) is 4.92. The van der Waals surface area contributed by atoms with Crippen molar-refractivity contribution >= 4 is 22.9 Å². The van der Waals surface area contributed by atoms with Crippen molar-refractivity contribution in [2.24, 2.45) is 7.05 Å². The molecule has 3 heterocycles. The Labute approximate surface area is 150 Å². The molecule has 0 spiro atoms. The number of amides is 1. The molecule has 0 saturated carbocycles. The van der Waals surface area contributed by atoms with E-state index in [0.29, 0.717) is 24.8 Å². The van der Waals surface area contributed by atoms with Crippen LogP contribution in [0, 0.1) is 6.92 Å². The van der Waals surface area contributed by atoms with Crippen LogP contribution in [0.25, 0.3) is 11.0 Å². The van der Waals surface area contributed by atoms with Crippen molar-refractivity contribution in [1.29, 1.82) is 0 Å². The molecule has 1 amide bonds. The lowest BCUT2D eigenvalue weighted by atomic mass is 10.2. The van der Waals surface area contributed by atoms with E-state index in [9.17, 15) is 4.79 Å². The van der Waals surface area contributed by atoms with Crippen LogP contribution in [0.1, 0.15) is 11.6 Å². The van der Waals surface area contributed by atoms with Crippen LogP contribution in [0.4, 0.5) is 5.95 Å². The summed E-state index contributed by atoms with van der Waals surface area (Å²) in [5, 5.41) is 11.2. The Morgan fingerprint density at radius 3 is 2.88 bits per heavy atom. The third kappa shape index (κ3) is 2.51. The highest BCUT2D eigenvalue weighted by Crippen LogP contribution is 2.27. The normalized spacial score (nSPS) is 17.3. The summed E-state index contributed by atoms with van der Waals surface area (Å²) in [5.74, 6) is 2.76. The smallest absolute Gasteiger partial charge is 0.245 e. The molecule has 0 radical (unpaired) electrons. The zero-order valence-electron chi connectivity index (χ0n) is 15.2. The van der Waals surface area contributed by atoms with E-state index < -0.39 is 0 Å². The maximum atomic E-state index is 12.9. The molecule has 136 valence electrons. The van der Waals surface area contributed by atoms with Crippen molar-refractivity contribution in [2.75, 3.05) is 19.5 Å². The van der Waals surface area contributed by atoms with Crippen LogP contribution < -0.4 is 10.1 Å². The minimum Gasteiger partial charge on any atom is -0.494 e. The second-order valence-electron chi connectivity index (χ2n) is 6.52. The van der Waals surface area contributed by atoms with E-state index in [2.05, 4.69) is 20.5 Å². The SMILES string of the molecule is COc1cccc2c1nc(NC(=O)C1Cn3c(C)nnc3CN1C)n2C. The van der Waals surface area contributed by atoms with Crippen molar-refractivity contribution < 1.29 is 9.53 Å². The van der Waals surface area contributed by atoms with E-state index in [1.165, 1.54) is 0 Å². The molecule has 1 aliphatic heterocycles. The highest BCUT2D eigenvalue weighted by molar-refractivity contribution is 5.95. The largest absolute Gasteiger partial charge is 0.494 e. The molecule has 26 heavy (non-hydrogen) atoms. The average Bonchev–Trinajstić information content (AvgIpc) is 3.14. The van der Waals surface area contributed by atoms with Crippen LogP contribution in [0.5, 0.6) is 5.75 Å². The van der Waals surface area contributed by atoms with Crippen molar-refractivity contribution in [3.8, 4) is 5.75 Å². The summed E-state index contributed by atoms with van der Waals surface area (Å²) in [6.07, 6.45) is 0. The Bertz CT molecular complexity index is 991. The number of benzene rings is 1. The van der Waals surface area contributed by atoms with Crippen molar-refractivity contribution in [3.63, 3.8) is 0 Å². The van der Waals surface area contributed by atoms with Gasteiger partial charge in [0.1, 0.15) is 29.0 Å². The molecular formula is C17H21N7O2. The fourth-order valence-electron chi connectivity index (χ4n) is 3.37. The third-order valence-corrected chi connectivity index (χ3v) is 4.92. The number of nitrogens with one attached hydrogen (secondary N) is 1. The number of fused-ring (bicyclic) bond motifs is 2. The van der Waals surface area contributed by atoms with Gasteiger partial charge in [0.2, 0.25) is 11.9 Å². The molecule has 1 atom stereocenters. The zero-order valence-corrected chi connectivity index (χ0v) is 15.2. The fourth-order valence-corrected chi connectivity index (χ4v) is 3.37. The Balaban J connectivity index is 1.62. The maximum absolute atomic E-state index is 12.9. The van der Waals surface area contributed by atoms with Gasteiger partial charge in [0, 0.05) is 7.05 Å². The van der Waals surface area contributed by atoms with Crippen LogP contribution in [-0.4, -0.2) is 55.3 Å². The standard InChI is InChI=1S/C17H21N7O2/c1-10-20-21-14-9-22(2)12(8-24(10)14)16(25)19-17-18-15-11(23(17)3)6-5-7-13(15)26-4/h5-7,12H,8-9H2,1-4H3,(H,18,19,25). The lowest BCUT2D eigenvalue weighted by Crippen LogP contribution is -2.48. The number of aryl methyl sites for hydroxylation is 2. The first-order valence-electron chi connectivity index (χ1n) is 8.38. The second-order valence-corrected chi connectivity index (χ2v) is 6.52. The maximum Gasteiger partial charge on any atom is 0.245 e. The molecule has 2 aromatic heterocycles. The minimum atomic E-state index is -0.320. The Hall–Kier alpha value is -2.94. The summed E-state index contributed by atoms with van der Waals surface area (Å²) in [4.78, 5) is 19.4. The highest BCUT2D eigenvalue weighted by atomic mass is 16.5. The average molecular weight is 355 g/mol. The van der Waals surface area contributed by atoms with Crippen molar-refractivity contribution in [2.45, 2.75) is 26.1 Å². The molecule has 1 unspecified atom stereocenters. The predicted molar refractivity (Wildman–Crippen MR) is 95.9 cm³/mol. The number of aromatic nitrogens is 5. The number of ether oxygens (including phenoxy) is 1. The number of carbonyl (C=O) groups excluding carboxylic acids is 1. The number of hydrogen-bond donors (Lipinski definition) is 1. The fraction of sp³-hybridized carbons (Fsp3) is 0.412. The van der Waals surface area contributed by atoms with E-state index in [0.717, 1.165) is 22.7 Å². The highest BCUT2D eigenvalue weighted by Gasteiger charge is 2.31. The van der Waals surface area contributed by atoms with E-state index in [1.54, 1.807) is 7.11 Å². The first-order chi connectivity index (χ1) is 12.5. The van der Waals surface area contributed by atoms with Crippen LogP contribution >= 0.6 is 0 Å². The number of nitrogens with zero attached hydrogens (tertiary/aromatic N) is 6. The van der Waals surface area contributed by atoms with Gasteiger partial charge in [-0.15, -0.1) is 10.2 Å². The number of likely N-dealkylation sites (N-methyl/N-ethyl adjacent to an activating group) is 1. The number of methoxy groups -OCH3 is 1. The monoisotopic (exact) mass is 355 g/mol. The second kappa shape index (κ2) is 6.10. The lowest BCUT2D eigenvalue weighted by Gasteiger charge is -2.31. The predicted octanol–water partition coefficient (Wildman–Crippen LogP) is 0.935. The van der Waals surface area contributed by atoms with E-state index in [1.807, 2.05) is 53.3 Å². The molecule has 0 saturated heterocycles. The van der Waals surface area contributed by atoms with Gasteiger partial charge in [0.15, 0.2) is 0 Å². The number of rotatable bonds is 3. The summed E-state index contributed by atoms with van der Waals surface area (Å²) in [7, 11) is 5.39. The summed E-state index contributed by atoms with van der Waals surface area (Å²) < 4.78 is 9.21. The minimum absolute atomic E-state index is 0.108. The van der Waals surface area contributed by atoms with Gasteiger partial charge in [-0.25, -0.2) is 4.98 Å². The van der Waals surface area contributed by atoms with E-state index >= 15 is 0 Å². The number of imidazole rings is 1. The molecule has 0 fully saturated rings. The van der Waals surface area contributed by atoms with Crippen LogP contribution in [0.3, 0.4) is 0 Å². The van der Waals surface area contributed by atoms with Gasteiger partial charge in [0.25, 0.3) is 0 Å². The molecule has 4 rings (SSSR count). The summed E-state index contributed by atoms with van der Waals surface area (Å²) in [6, 6.07) is 5.38. The molecule has 0 aliphatic carbocycles. The van der Waals surface area contributed by atoms with E-state index in [4.69, 9.17) is 4.74 Å². The lowest BCUT2D eigenvalue weighted by molar-refractivity contribution is -0.122. The van der Waals surface area contributed by atoms with Crippen molar-refractivity contribution in [3.05, 3.63) is 29.8 Å². The molecular weight excluding hydrogens is 334 g/mol. The summed E-state index contributed by atoms with van der Waals surface area (Å²) in [5.41, 5.74) is 1.62. The molecule has 1 aromatic carbocycles. The molecule has 9 nitrogen and oxygen atoms in total. The Morgan fingerprint density at radius 1 is 1.31 bits per heavy atom. The van der Waals surface area contributed by atoms with Crippen LogP contribution in [0.15, 0.2) is 18.2 Å². The molecule has 1 N–H and O–H groups in total. The van der Waals surface area contributed by atoms with Gasteiger partial charge < -0.3 is 13.9 Å². The van der Waals surface area contributed by atoms with Gasteiger partial charge in [-0.3, -0.25) is 15.0 Å². The molecule has 1 aliphatic rings. The zero-order chi connectivity index (χ0) is 18.4. The van der Waals surface area contributed by atoms with Gasteiger partial charge in [0.05, 0.1) is 25.7 Å². The van der Waals surface area contributed by atoms with Gasteiger partial charge in [-0.1, -0.05) is 6.07 Å². The molecule has 3 aromatic rings. The van der Waals surface area contributed by atoms with Gasteiger partial charge >= 0.3 is 0 Å². The Kier molecular flexibility index (Phi) is 3.87. The quantitative estimate of drug-likeness (QED) is 0.752. The van der Waals surface area contributed by atoms with Crippen LogP contribution in [-0.2, 0) is 24.9 Å². The number of anilines is 1. The first kappa shape index (κ1) is 16.5.